The maximum absolute atomic E-state index is 6.18. The van der Waals surface area contributed by atoms with Gasteiger partial charge in [0.15, 0.2) is 5.82 Å². The highest BCUT2D eigenvalue weighted by molar-refractivity contribution is 9.10. The maximum Gasteiger partial charge on any atom is 0.165 e. The molecule has 0 unspecified atom stereocenters. The van der Waals surface area contributed by atoms with Crippen LogP contribution in [0.3, 0.4) is 0 Å². The Hall–Kier alpha value is -0.910. The van der Waals surface area contributed by atoms with E-state index in [1.54, 1.807) is 13.4 Å². The van der Waals surface area contributed by atoms with E-state index < -0.39 is 0 Å². The van der Waals surface area contributed by atoms with E-state index in [0.717, 1.165) is 15.9 Å². The van der Waals surface area contributed by atoms with Gasteiger partial charge >= 0.3 is 0 Å². The molecule has 0 fully saturated rings. The van der Waals surface area contributed by atoms with Crippen LogP contribution < -0.4 is 0 Å². The van der Waals surface area contributed by atoms with Crippen LogP contribution >= 0.6 is 27.5 Å². The first-order valence-electron chi connectivity index (χ1n) is 5.04. The summed E-state index contributed by atoms with van der Waals surface area (Å²) >= 11 is 9.56. The van der Waals surface area contributed by atoms with Gasteiger partial charge in [-0.2, -0.15) is 0 Å². The summed E-state index contributed by atoms with van der Waals surface area (Å²) < 4.78 is 7.89. The Balaban J connectivity index is 2.35. The minimum absolute atomic E-state index is 0.610. The molecule has 1 aromatic carbocycles. The largest absolute Gasteiger partial charge is 0.383 e. The van der Waals surface area contributed by atoms with E-state index >= 15 is 0 Å². The number of methoxy groups -OCH3 is 1. The third-order valence-electron chi connectivity index (χ3n) is 2.32. The van der Waals surface area contributed by atoms with Gasteiger partial charge in [0, 0.05) is 23.7 Å². The van der Waals surface area contributed by atoms with E-state index in [2.05, 4.69) is 26.1 Å². The standard InChI is InChI=1S/C11H11BrClN3O/c1-17-5-4-16-7-14-15-11(16)9-3-2-8(12)6-10(9)13/h2-3,6-7H,4-5H2,1H3. The minimum atomic E-state index is 0.610. The lowest BCUT2D eigenvalue weighted by Gasteiger charge is -2.07. The lowest BCUT2D eigenvalue weighted by molar-refractivity contribution is 0.187. The van der Waals surface area contributed by atoms with Gasteiger partial charge in [0.25, 0.3) is 0 Å². The van der Waals surface area contributed by atoms with Crippen molar-refractivity contribution in [2.24, 2.45) is 0 Å². The normalized spacial score (nSPS) is 10.8. The molecule has 0 radical (unpaired) electrons. The molecule has 0 saturated heterocycles. The highest BCUT2D eigenvalue weighted by Crippen LogP contribution is 2.28. The summed E-state index contributed by atoms with van der Waals surface area (Å²) in [6, 6.07) is 5.68. The predicted octanol–water partition coefficient (Wildman–Crippen LogP) is 3.01. The highest BCUT2D eigenvalue weighted by Gasteiger charge is 2.10. The zero-order valence-electron chi connectivity index (χ0n) is 9.23. The summed E-state index contributed by atoms with van der Waals surface area (Å²) in [5.74, 6) is 0.750. The molecule has 4 nitrogen and oxygen atoms in total. The number of halogens is 2. The van der Waals surface area contributed by atoms with Crippen LogP contribution in [0.15, 0.2) is 29.0 Å². The van der Waals surface area contributed by atoms with Gasteiger partial charge in [-0.15, -0.1) is 10.2 Å². The first kappa shape index (κ1) is 12.5. The Morgan fingerprint density at radius 3 is 3.00 bits per heavy atom. The molecule has 6 heteroatoms. The second-order valence-electron chi connectivity index (χ2n) is 3.46. The van der Waals surface area contributed by atoms with Crippen molar-refractivity contribution in [3.63, 3.8) is 0 Å². The van der Waals surface area contributed by atoms with E-state index in [4.69, 9.17) is 16.3 Å². The van der Waals surface area contributed by atoms with Crippen LogP contribution in [0, 0.1) is 0 Å². The molecule has 1 aromatic heterocycles. The first-order chi connectivity index (χ1) is 8.22. The summed E-state index contributed by atoms with van der Waals surface area (Å²) in [4.78, 5) is 0. The van der Waals surface area contributed by atoms with E-state index in [0.29, 0.717) is 18.2 Å². The molecule has 0 aliphatic heterocycles. The Morgan fingerprint density at radius 1 is 1.47 bits per heavy atom. The molecule has 0 aliphatic rings. The number of ether oxygens (including phenoxy) is 1. The second-order valence-corrected chi connectivity index (χ2v) is 4.79. The van der Waals surface area contributed by atoms with Crippen LogP contribution in [-0.4, -0.2) is 28.5 Å². The number of nitrogens with zero attached hydrogens (tertiary/aromatic N) is 3. The second kappa shape index (κ2) is 5.62. The minimum Gasteiger partial charge on any atom is -0.383 e. The van der Waals surface area contributed by atoms with Crippen LogP contribution in [0.4, 0.5) is 0 Å². The molecule has 0 aliphatic carbocycles. The summed E-state index contributed by atoms with van der Waals surface area (Å²) in [5.41, 5.74) is 0.864. The Kier molecular flexibility index (Phi) is 4.15. The average molecular weight is 317 g/mol. The molecule has 0 saturated carbocycles. The van der Waals surface area contributed by atoms with Crippen LogP contribution in [0.2, 0.25) is 5.02 Å². The third-order valence-corrected chi connectivity index (χ3v) is 3.13. The lowest BCUT2D eigenvalue weighted by Crippen LogP contribution is -2.05. The van der Waals surface area contributed by atoms with Crippen LogP contribution in [0.5, 0.6) is 0 Å². The van der Waals surface area contributed by atoms with Crippen molar-refractivity contribution in [1.82, 2.24) is 14.8 Å². The maximum atomic E-state index is 6.18. The zero-order valence-corrected chi connectivity index (χ0v) is 11.6. The molecule has 90 valence electrons. The van der Waals surface area contributed by atoms with Crippen molar-refractivity contribution in [3.8, 4) is 11.4 Å². The smallest absolute Gasteiger partial charge is 0.165 e. The van der Waals surface area contributed by atoms with Crippen molar-refractivity contribution < 1.29 is 4.74 Å². The monoisotopic (exact) mass is 315 g/mol. The van der Waals surface area contributed by atoms with Gasteiger partial charge in [0.2, 0.25) is 0 Å². The molecule has 1 heterocycles. The lowest BCUT2D eigenvalue weighted by atomic mass is 10.2. The van der Waals surface area contributed by atoms with Gasteiger partial charge < -0.3 is 9.30 Å². The molecule has 2 aromatic rings. The van der Waals surface area contributed by atoms with Crippen LogP contribution in [-0.2, 0) is 11.3 Å². The van der Waals surface area contributed by atoms with Crippen LogP contribution in [0.1, 0.15) is 0 Å². The fourth-order valence-electron chi connectivity index (χ4n) is 1.49. The topological polar surface area (TPSA) is 39.9 Å². The molecular weight excluding hydrogens is 305 g/mol. The molecule has 0 N–H and O–H groups in total. The van der Waals surface area contributed by atoms with Crippen molar-refractivity contribution in [1.29, 1.82) is 0 Å². The van der Waals surface area contributed by atoms with Crippen molar-refractivity contribution in [2.75, 3.05) is 13.7 Å². The third kappa shape index (κ3) is 2.86. The Morgan fingerprint density at radius 2 is 2.29 bits per heavy atom. The Labute approximate surface area is 113 Å². The summed E-state index contributed by atoms with van der Waals surface area (Å²) in [7, 11) is 1.66. The van der Waals surface area contributed by atoms with E-state index in [-0.39, 0.29) is 0 Å². The number of benzene rings is 1. The van der Waals surface area contributed by atoms with Gasteiger partial charge in [-0.3, -0.25) is 0 Å². The SMILES string of the molecule is COCCn1cnnc1-c1ccc(Br)cc1Cl. The van der Waals surface area contributed by atoms with Crippen molar-refractivity contribution >= 4 is 27.5 Å². The average Bonchev–Trinajstić information content (AvgIpc) is 2.74. The molecule has 0 atom stereocenters. The molecule has 2 rings (SSSR count). The summed E-state index contributed by atoms with van der Waals surface area (Å²) in [5, 5.41) is 8.63. The number of rotatable bonds is 4. The van der Waals surface area contributed by atoms with E-state index in [1.807, 2.05) is 22.8 Å². The van der Waals surface area contributed by atoms with Crippen molar-refractivity contribution in [3.05, 3.63) is 34.0 Å². The van der Waals surface area contributed by atoms with Gasteiger partial charge in [0.05, 0.1) is 11.6 Å². The summed E-state index contributed by atoms with van der Waals surface area (Å²) in [6.45, 7) is 1.31. The predicted molar refractivity (Wildman–Crippen MR) is 70.0 cm³/mol. The van der Waals surface area contributed by atoms with Gasteiger partial charge in [-0.25, -0.2) is 0 Å². The fraction of sp³-hybridized carbons (Fsp3) is 0.273. The number of aromatic nitrogens is 3. The van der Waals surface area contributed by atoms with Crippen molar-refractivity contribution in [2.45, 2.75) is 6.54 Å². The number of hydrogen-bond acceptors (Lipinski definition) is 3. The molecule has 0 amide bonds. The Bertz CT molecular complexity index is 515. The zero-order chi connectivity index (χ0) is 12.3. The van der Waals surface area contributed by atoms with Gasteiger partial charge in [-0.05, 0) is 18.2 Å². The first-order valence-corrected chi connectivity index (χ1v) is 6.21. The van der Waals surface area contributed by atoms with E-state index in [9.17, 15) is 0 Å². The molecule has 0 spiro atoms. The molecular formula is C11H11BrClN3O. The van der Waals surface area contributed by atoms with Gasteiger partial charge in [0.1, 0.15) is 6.33 Å². The highest BCUT2D eigenvalue weighted by atomic mass is 79.9. The van der Waals surface area contributed by atoms with E-state index in [1.165, 1.54) is 0 Å². The quantitative estimate of drug-likeness (QED) is 0.870. The van der Waals surface area contributed by atoms with Gasteiger partial charge in [-0.1, -0.05) is 27.5 Å². The fourth-order valence-corrected chi connectivity index (χ4v) is 2.25. The number of hydrogen-bond donors (Lipinski definition) is 0. The summed E-state index contributed by atoms with van der Waals surface area (Å²) in [6.07, 6.45) is 1.67. The molecule has 17 heavy (non-hydrogen) atoms. The van der Waals surface area contributed by atoms with Crippen LogP contribution in [0.25, 0.3) is 11.4 Å². The molecule has 0 bridgehead atoms.